The van der Waals surface area contributed by atoms with Crippen molar-refractivity contribution in [3.05, 3.63) is 41.3 Å². The smallest absolute Gasteiger partial charge is 0.259 e. The Morgan fingerprint density at radius 1 is 1.16 bits per heavy atom. The molecule has 19 heavy (non-hydrogen) atoms. The number of aryl methyl sites for hydroxylation is 2. The van der Waals surface area contributed by atoms with Crippen LogP contribution in [0.3, 0.4) is 0 Å². The molecule has 1 aliphatic heterocycles. The number of fused-ring (bicyclic) bond motifs is 1. The highest BCUT2D eigenvalue weighted by atomic mass is 16.7. The van der Waals surface area contributed by atoms with E-state index in [9.17, 15) is 4.79 Å². The Kier molecular flexibility index (Phi) is 2.67. The average Bonchev–Trinajstić information content (AvgIpc) is 2.94. The number of ether oxygens (including phenoxy) is 2. The van der Waals surface area contributed by atoms with E-state index in [0.717, 1.165) is 0 Å². The lowest BCUT2D eigenvalue weighted by Gasteiger charge is -2.05. The standard InChI is InChI=1S/C14H13NO4/c1-8-5-11(9(2)19-8)14(16)15-10-3-4-12-13(6-10)18-7-17-12/h3-6H,7H2,1-2H3,(H,15,16). The summed E-state index contributed by atoms with van der Waals surface area (Å²) in [6.07, 6.45) is 0. The van der Waals surface area contributed by atoms with Gasteiger partial charge in [0, 0.05) is 11.8 Å². The zero-order chi connectivity index (χ0) is 13.4. The molecule has 0 radical (unpaired) electrons. The first-order chi connectivity index (χ1) is 9.13. The molecule has 1 amide bonds. The van der Waals surface area contributed by atoms with Gasteiger partial charge in [-0.15, -0.1) is 0 Å². The zero-order valence-corrected chi connectivity index (χ0v) is 10.6. The molecule has 5 nitrogen and oxygen atoms in total. The van der Waals surface area contributed by atoms with Gasteiger partial charge in [-0.05, 0) is 32.0 Å². The molecule has 0 saturated carbocycles. The van der Waals surface area contributed by atoms with Gasteiger partial charge in [0.15, 0.2) is 11.5 Å². The second-order valence-corrected chi connectivity index (χ2v) is 4.35. The van der Waals surface area contributed by atoms with Gasteiger partial charge < -0.3 is 19.2 Å². The Bertz CT molecular complexity index is 645. The topological polar surface area (TPSA) is 60.7 Å². The second kappa shape index (κ2) is 4.35. The number of benzene rings is 1. The van der Waals surface area contributed by atoms with Gasteiger partial charge in [0.05, 0.1) is 5.56 Å². The molecular formula is C14H13NO4. The predicted octanol–water partition coefficient (Wildman–Crippen LogP) is 2.88. The summed E-state index contributed by atoms with van der Waals surface area (Å²) in [6.45, 7) is 3.79. The summed E-state index contributed by atoms with van der Waals surface area (Å²) in [5.74, 6) is 2.45. The largest absolute Gasteiger partial charge is 0.466 e. The van der Waals surface area contributed by atoms with Crippen molar-refractivity contribution in [3.63, 3.8) is 0 Å². The molecular weight excluding hydrogens is 246 g/mol. The van der Waals surface area contributed by atoms with Gasteiger partial charge in [0.25, 0.3) is 5.91 Å². The fraction of sp³-hybridized carbons (Fsp3) is 0.214. The van der Waals surface area contributed by atoms with E-state index >= 15 is 0 Å². The monoisotopic (exact) mass is 259 g/mol. The molecule has 0 saturated heterocycles. The Balaban J connectivity index is 1.81. The summed E-state index contributed by atoms with van der Waals surface area (Å²) in [7, 11) is 0. The van der Waals surface area contributed by atoms with E-state index in [0.29, 0.717) is 34.3 Å². The van der Waals surface area contributed by atoms with E-state index in [1.807, 2.05) is 6.92 Å². The summed E-state index contributed by atoms with van der Waals surface area (Å²) in [6, 6.07) is 7.00. The molecule has 5 heteroatoms. The van der Waals surface area contributed by atoms with E-state index in [1.165, 1.54) is 0 Å². The summed E-state index contributed by atoms with van der Waals surface area (Å²) < 4.78 is 15.8. The summed E-state index contributed by atoms with van der Waals surface area (Å²) >= 11 is 0. The number of carbonyl (C=O) groups is 1. The van der Waals surface area contributed by atoms with E-state index < -0.39 is 0 Å². The number of amides is 1. The molecule has 98 valence electrons. The van der Waals surface area contributed by atoms with Crippen molar-refractivity contribution in [3.8, 4) is 11.5 Å². The van der Waals surface area contributed by atoms with Crippen LogP contribution in [0.1, 0.15) is 21.9 Å². The minimum atomic E-state index is -0.201. The quantitative estimate of drug-likeness (QED) is 0.900. The van der Waals surface area contributed by atoms with Gasteiger partial charge in [0.2, 0.25) is 6.79 Å². The van der Waals surface area contributed by atoms with Crippen molar-refractivity contribution in [1.29, 1.82) is 0 Å². The number of furan rings is 1. The molecule has 0 unspecified atom stereocenters. The second-order valence-electron chi connectivity index (χ2n) is 4.35. The average molecular weight is 259 g/mol. The molecule has 1 aromatic carbocycles. The first-order valence-corrected chi connectivity index (χ1v) is 5.91. The van der Waals surface area contributed by atoms with Gasteiger partial charge in [-0.1, -0.05) is 0 Å². The van der Waals surface area contributed by atoms with Crippen molar-refractivity contribution < 1.29 is 18.7 Å². The molecule has 2 heterocycles. The lowest BCUT2D eigenvalue weighted by atomic mass is 10.2. The van der Waals surface area contributed by atoms with Crippen molar-refractivity contribution in [2.75, 3.05) is 12.1 Å². The van der Waals surface area contributed by atoms with Crippen molar-refractivity contribution in [1.82, 2.24) is 0 Å². The van der Waals surface area contributed by atoms with E-state index in [2.05, 4.69) is 5.32 Å². The van der Waals surface area contributed by atoms with Crippen LogP contribution < -0.4 is 14.8 Å². The van der Waals surface area contributed by atoms with Crippen LogP contribution in [0.25, 0.3) is 0 Å². The SMILES string of the molecule is Cc1cc(C(=O)Nc2ccc3c(c2)OCO3)c(C)o1. The highest BCUT2D eigenvalue weighted by Gasteiger charge is 2.16. The molecule has 1 aliphatic rings. The molecule has 0 atom stereocenters. The first kappa shape index (κ1) is 11.6. The third kappa shape index (κ3) is 2.14. The van der Waals surface area contributed by atoms with Gasteiger partial charge in [0.1, 0.15) is 11.5 Å². The van der Waals surface area contributed by atoms with Crippen LogP contribution in [0.4, 0.5) is 5.69 Å². The van der Waals surface area contributed by atoms with Gasteiger partial charge in [-0.25, -0.2) is 0 Å². The number of nitrogens with one attached hydrogen (secondary N) is 1. The molecule has 0 bridgehead atoms. The maximum atomic E-state index is 12.1. The first-order valence-electron chi connectivity index (χ1n) is 5.91. The Morgan fingerprint density at radius 3 is 2.68 bits per heavy atom. The number of anilines is 1. The molecule has 0 spiro atoms. The fourth-order valence-electron chi connectivity index (χ4n) is 2.03. The number of hydrogen-bond acceptors (Lipinski definition) is 4. The summed E-state index contributed by atoms with van der Waals surface area (Å²) in [5.41, 5.74) is 1.20. The third-order valence-electron chi connectivity index (χ3n) is 2.92. The molecule has 1 aromatic heterocycles. The highest BCUT2D eigenvalue weighted by molar-refractivity contribution is 6.05. The van der Waals surface area contributed by atoms with E-state index in [4.69, 9.17) is 13.9 Å². The Hall–Kier alpha value is -2.43. The summed E-state index contributed by atoms with van der Waals surface area (Å²) in [4.78, 5) is 12.1. The third-order valence-corrected chi connectivity index (χ3v) is 2.92. The van der Waals surface area contributed by atoms with Crippen molar-refractivity contribution in [2.24, 2.45) is 0 Å². The van der Waals surface area contributed by atoms with Gasteiger partial charge >= 0.3 is 0 Å². The van der Waals surface area contributed by atoms with Crippen LogP contribution in [0.5, 0.6) is 11.5 Å². The molecule has 1 N–H and O–H groups in total. The summed E-state index contributed by atoms with van der Waals surface area (Å²) in [5, 5.41) is 2.81. The fourth-order valence-corrected chi connectivity index (χ4v) is 2.03. The van der Waals surface area contributed by atoms with E-state index in [-0.39, 0.29) is 12.7 Å². The zero-order valence-electron chi connectivity index (χ0n) is 10.6. The molecule has 2 aromatic rings. The normalized spacial score (nSPS) is 12.5. The van der Waals surface area contributed by atoms with Crippen LogP contribution in [0, 0.1) is 13.8 Å². The number of rotatable bonds is 2. The van der Waals surface area contributed by atoms with Crippen LogP contribution in [0.15, 0.2) is 28.7 Å². The highest BCUT2D eigenvalue weighted by Crippen LogP contribution is 2.34. The van der Waals surface area contributed by atoms with Crippen LogP contribution in [-0.2, 0) is 0 Å². The lowest BCUT2D eigenvalue weighted by Crippen LogP contribution is -2.11. The van der Waals surface area contributed by atoms with Crippen LogP contribution >= 0.6 is 0 Å². The maximum Gasteiger partial charge on any atom is 0.259 e. The van der Waals surface area contributed by atoms with Crippen LogP contribution in [0.2, 0.25) is 0 Å². The Labute approximate surface area is 110 Å². The lowest BCUT2D eigenvalue weighted by molar-refractivity contribution is 0.102. The molecule has 0 fully saturated rings. The number of hydrogen-bond donors (Lipinski definition) is 1. The molecule has 0 aliphatic carbocycles. The minimum absolute atomic E-state index is 0.201. The van der Waals surface area contributed by atoms with Crippen LogP contribution in [-0.4, -0.2) is 12.7 Å². The minimum Gasteiger partial charge on any atom is -0.466 e. The Morgan fingerprint density at radius 2 is 1.95 bits per heavy atom. The predicted molar refractivity (Wildman–Crippen MR) is 68.7 cm³/mol. The van der Waals surface area contributed by atoms with Gasteiger partial charge in [-0.2, -0.15) is 0 Å². The molecule has 3 rings (SSSR count). The van der Waals surface area contributed by atoms with E-state index in [1.54, 1.807) is 31.2 Å². The number of carbonyl (C=O) groups excluding carboxylic acids is 1. The maximum absolute atomic E-state index is 12.1. The van der Waals surface area contributed by atoms with Crippen molar-refractivity contribution in [2.45, 2.75) is 13.8 Å². The van der Waals surface area contributed by atoms with Crippen molar-refractivity contribution >= 4 is 11.6 Å². The van der Waals surface area contributed by atoms with Gasteiger partial charge in [-0.3, -0.25) is 4.79 Å².